The van der Waals surface area contributed by atoms with Crippen LogP contribution in [0.15, 0.2) is 4.52 Å². The molecule has 1 aromatic rings. The van der Waals surface area contributed by atoms with Gasteiger partial charge >= 0.3 is 0 Å². The van der Waals surface area contributed by atoms with E-state index >= 15 is 0 Å². The number of aryl methyl sites for hydroxylation is 1. The largest absolute Gasteiger partial charge is 0.340 e. The number of carbonyl (C=O) groups excluding carboxylic acids is 2. The van der Waals surface area contributed by atoms with Gasteiger partial charge in [0.1, 0.15) is 6.04 Å². The van der Waals surface area contributed by atoms with Crippen molar-refractivity contribution >= 4 is 11.8 Å². The summed E-state index contributed by atoms with van der Waals surface area (Å²) in [7, 11) is 0. The third-order valence-electron chi connectivity index (χ3n) is 4.29. The van der Waals surface area contributed by atoms with E-state index in [0.29, 0.717) is 37.8 Å². The minimum Gasteiger partial charge on any atom is -0.340 e. The van der Waals surface area contributed by atoms with Gasteiger partial charge < -0.3 is 14.3 Å². The van der Waals surface area contributed by atoms with Crippen LogP contribution in [0.3, 0.4) is 0 Å². The van der Waals surface area contributed by atoms with Gasteiger partial charge in [0.2, 0.25) is 11.8 Å². The van der Waals surface area contributed by atoms with Crippen LogP contribution < -0.4 is 0 Å². The normalized spacial score (nSPS) is 22.5. The number of carbonyl (C=O) groups is 2. The highest BCUT2D eigenvalue weighted by molar-refractivity contribution is 5.81. The summed E-state index contributed by atoms with van der Waals surface area (Å²) in [5.41, 5.74) is 0. The Morgan fingerprint density at radius 2 is 2.09 bits per heavy atom. The van der Waals surface area contributed by atoms with E-state index in [1.807, 2.05) is 11.8 Å². The number of hydrogen-bond acceptors (Lipinski definition) is 5. The Morgan fingerprint density at radius 3 is 2.68 bits per heavy atom. The molecule has 7 heteroatoms. The van der Waals surface area contributed by atoms with E-state index in [2.05, 4.69) is 10.1 Å². The van der Waals surface area contributed by atoms with E-state index in [-0.39, 0.29) is 23.8 Å². The highest BCUT2D eigenvalue weighted by Gasteiger charge is 2.38. The van der Waals surface area contributed by atoms with E-state index in [9.17, 15) is 9.59 Å². The van der Waals surface area contributed by atoms with Gasteiger partial charge in [-0.3, -0.25) is 9.59 Å². The molecule has 1 aliphatic carbocycles. The van der Waals surface area contributed by atoms with E-state index in [1.165, 1.54) is 0 Å². The fraction of sp³-hybridized carbons (Fsp3) is 0.733. The third kappa shape index (κ3) is 2.98. The summed E-state index contributed by atoms with van der Waals surface area (Å²) >= 11 is 0. The second kappa shape index (κ2) is 6.06. The molecule has 1 saturated carbocycles. The quantitative estimate of drug-likeness (QED) is 0.841. The van der Waals surface area contributed by atoms with E-state index < -0.39 is 0 Å². The third-order valence-corrected chi connectivity index (χ3v) is 4.29. The SMILES string of the molecule is CCC(=O)N1CCCN(C(=O)C2CC2)CC1c1nc(C)no1. The van der Waals surface area contributed by atoms with Crippen LogP contribution in [0.1, 0.15) is 50.4 Å². The summed E-state index contributed by atoms with van der Waals surface area (Å²) in [5.74, 6) is 1.41. The molecule has 1 saturated heterocycles. The molecule has 0 bridgehead atoms. The molecule has 2 aliphatic rings. The van der Waals surface area contributed by atoms with Gasteiger partial charge in [0.25, 0.3) is 5.89 Å². The average Bonchev–Trinajstić information content (AvgIpc) is 3.31. The van der Waals surface area contributed by atoms with Crippen LogP contribution in [0.25, 0.3) is 0 Å². The highest BCUT2D eigenvalue weighted by Crippen LogP contribution is 2.33. The molecule has 2 amide bonds. The number of rotatable bonds is 3. The maximum absolute atomic E-state index is 12.4. The molecular weight excluding hydrogens is 284 g/mol. The van der Waals surface area contributed by atoms with Crippen molar-refractivity contribution < 1.29 is 14.1 Å². The molecule has 0 N–H and O–H groups in total. The molecule has 2 heterocycles. The summed E-state index contributed by atoms with van der Waals surface area (Å²) in [6.45, 7) is 5.35. The van der Waals surface area contributed by atoms with Crippen molar-refractivity contribution in [2.24, 2.45) is 5.92 Å². The molecule has 1 aliphatic heterocycles. The summed E-state index contributed by atoms with van der Waals surface area (Å²) in [6.07, 6.45) is 3.18. The second-order valence-corrected chi connectivity index (χ2v) is 6.05. The zero-order valence-electron chi connectivity index (χ0n) is 13.1. The van der Waals surface area contributed by atoms with Gasteiger partial charge in [-0.1, -0.05) is 12.1 Å². The maximum atomic E-state index is 12.4. The van der Waals surface area contributed by atoms with Crippen molar-refractivity contribution in [3.8, 4) is 0 Å². The molecule has 0 radical (unpaired) electrons. The Balaban J connectivity index is 1.85. The molecule has 22 heavy (non-hydrogen) atoms. The molecule has 0 spiro atoms. The van der Waals surface area contributed by atoms with Gasteiger partial charge in [0, 0.05) is 25.4 Å². The van der Waals surface area contributed by atoms with Crippen molar-refractivity contribution in [3.63, 3.8) is 0 Å². The smallest absolute Gasteiger partial charge is 0.251 e. The maximum Gasteiger partial charge on any atom is 0.251 e. The molecule has 1 unspecified atom stereocenters. The van der Waals surface area contributed by atoms with Crippen molar-refractivity contribution in [1.29, 1.82) is 0 Å². The molecule has 1 aromatic heterocycles. The average molecular weight is 306 g/mol. The lowest BCUT2D eigenvalue weighted by atomic mass is 10.2. The molecule has 2 fully saturated rings. The van der Waals surface area contributed by atoms with E-state index in [4.69, 9.17) is 4.52 Å². The molecular formula is C15H22N4O3. The Bertz CT molecular complexity index is 567. The van der Waals surface area contributed by atoms with E-state index in [1.54, 1.807) is 11.8 Å². The zero-order valence-corrected chi connectivity index (χ0v) is 13.1. The monoisotopic (exact) mass is 306 g/mol. The second-order valence-electron chi connectivity index (χ2n) is 6.05. The first-order valence-corrected chi connectivity index (χ1v) is 7.98. The summed E-state index contributed by atoms with van der Waals surface area (Å²) in [4.78, 5) is 32.6. The highest BCUT2D eigenvalue weighted by atomic mass is 16.5. The number of amides is 2. The predicted octanol–water partition coefficient (Wildman–Crippen LogP) is 1.30. The van der Waals surface area contributed by atoms with Crippen LogP contribution in [0.5, 0.6) is 0 Å². The van der Waals surface area contributed by atoms with Gasteiger partial charge in [-0.05, 0) is 26.2 Å². The first kappa shape index (κ1) is 15.0. The fourth-order valence-corrected chi connectivity index (χ4v) is 2.94. The van der Waals surface area contributed by atoms with E-state index in [0.717, 1.165) is 19.3 Å². The standard InChI is InChI=1S/C15H22N4O3/c1-3-13(20)19-8-4-7-18(15(21)11-5-6-11)9-12(19)14-16-10(2)17-22-14/h11-12H,3-9H2,1-2H3. The summed E-state index contributed by atoms with van der Waals surface area (Å²) < 4.78 is 5.30. The fourth-order valence-electron chi connectivity index (χ4n) is 2.94. The first-order chi connectivity index (χ1) is 10.6. The Morgan fingerprint density at radius 1 is 1.32 bits per heavy atom. The minimum absolute atomic E-state index is 0.0570. The summed E-state index contributed by atoms with van der Waals surface area (Å²) in [6, 6.07) is -0.334. The molecule has 0 aromatic carbocycles. The lowest BCUT2D eigenvalue weighted by Gasteiger charge is -2.29. The van der Waals surface area contributed by atoms with Crippen molar-refractivity contribution in [2.75, 3.05) is 19.6 Å². The lowest BCUT2D eigenvalue weighted by molar-refractivity contribution is -0.137. The number of hydrogen-bond donors (Lipinski definition) is 0. The lowest BCUT2D eigenvalue weighted by Crippen LogP contribution is -2.40. The van der Waals surface area contributed by atoms with Gasteiger partial charge in [-0.15, -0.1) is 0 Å². The van der Waals surface area contributed by atoms with Gasteiger partial charge in [-0.2, -0.15) is 4.98 Å². The van der Waals surface area contributed by atoms with Crippen LogP contribution in [-0.2, 0) is 9.59 Å². The number of nitrogens with zero attached hydrogens (tertiary/aromatic N) is 4. The van der Waals surface area contributed by atoms with Gasteiger partial charge in [0.05, 0.1) is 6.54 Å². The Labute approximate surface area is 129 Å². The predicted molar refractivity (Wildman–Crippen MR) is 77.7 cm³/mol. The molecule has 1 atom stereocenters. The van der Waals surface area contributed by atoms with Crippen LogP contribution in [0, 0.1) is 12.8 Å². The number of aromatic nitrogens is 2. The van der Waals surface area contributed by atoms with Crippen molar-refractivity contribution in [2.45, 2.75) is 45.6 Å². The molecule has 120 valence electrons. The minimum atomic E-state index is -0.334. The summed E-state index contributed by atoms with van der Waals surface area (Å²) in [5, 5.41) is 3.83. The van der Waals surface area contributed by atoms with Crippen LogP contribution in [0.4, 0.5) is 0 Å². The topological polar surface area (TPSA) is 79.5 Å². The Kier molecular flexibility index (Phi) is 4.13. The van der Waals surface area contributed by atoms with Crippen molar-refractivity contribution in [1.82, 2.24) is 19.9 Å². The van der Waals surface area contributed by atoms with Gasteiger partial charge in [0.15, 0.2) is 5.82 Å². The van der Waals surface area contributed by atoms with Crippen LogP contribution in [0.2, 0.25) is 0 Å². The molecule has 7 nitrogen and oxygen atoms in total. The van der Waals surface area contributed by atoms with Crippen LogP contribution in [-0.4, -0.2) is 51.4 Å². The van der Waals surface area contributed by atoms with Gasteiger partial charge in [-0.25, -0.2) is 0 Å². The van der Waals surface area contributed by atoms with Crippen LogP contribution >= 0.6 is 0 Å². The zero-order chi connectivity index (χ0) is 15.7. The van der Waals surface area contributed by atoms with Crippen molar-refractivity contribution in [3.05, 3.63) is 11.7 Å². The molecule has 3 rings (SSSR count). The Hall–Kier alpha value is -1.92. The first-order valence-electron chi connectivity index (χ1n) is 7.98.